The van der Waals surface area contributed by atoms with Crippen LogP contribution >= 0.6 is 0 Å². The first-order chi connectivity index (χ1) is 23.0. The lowest BCUT2D eigenvalue weighted by molar-refractivity contribution is -0.808. The van der Waals surface area contributed by atoms with E-state index < -0.39 is 78.2 Å². The Balaban J connectivity index is 0.00000319. The fraction of sp³-hybridized carbons (Fsp3) is 0.889. The van der Waals surface area contributed by atoms with Crippen molar-refractivity contribution in [1.82, 2.24) is 19.9 Å². The van der Waals surface area contributed by atoms with Gasteiger partial charge in [-0.05, 0) is 27.2 Å². The molecule has 0 saturated carbocycles. The average molecular weight is 745 g/mol. The summed E-state index contributed by atoms with van der Waals surface area (Å²) >= 11 is 2.83. The first-order valence-electron chi connectivity index (χ1n) is 15.6. The highest BCUT2D eigenvalue weighted by Gasteiger charge is 2.51. The average Bonchev–Trinajstić information content (AvgIpc) is 3.71. The third kappa shape index (κ3) is 10.4. The summed E-state index contributed by atoms with van der Waals surface area (Å²) in [5, 5.41) is 53.9. The standard InChI is InChI=1S/C27H46N4O15S.OS/c1-12(2)20(32)18-7-17(9-30(18)13(3)4)31-8-16(28-29-31)10-40-26-14(5)24(44-27-23(35)22(34)21(33)15(6)42-27)25(45-46-36)19(43-26)11-41-47(37,38)39;1-2/h8,12-15,17-19,21-27,33-36H,7,9-11H2,1-6H3,(H,37,38,39);/p-2/t14?,15?,17-,18+,19?,21-,22+,23?,24-,25+,26-,27+;/m1./s1. The molecule has 0 aromatic carbocycles. The molecular formula is C27H44N4O16S2-2. The van der Waals surface area contributed by atoms with E-state index in [1.807, 2.05) is 27.7 Å². The molecule has 1 aromatic rings. The number of ketones is 1. The van der Waals surface area contributed by atoms with Crippen LogP contribution in [0.3, 0.4) is 0 Å². The molecule has 3 saturated heterocycles. The summed E-state index contributed by atoms with van der Waals surface area (Å²) in [5.74, 6) is -0.826. The van der Waals surface area contributed by atoms with Gasteiger partial charge >= 0.3 is 0 Å². The van der Waals surface area contributed by atoms with Crippen LogP contribution in [0, 0.1) is 11.8 Å². The molecule has 4 rings (SSSR count). The molecule has 0 bridgehead atoms. The number of hydrogen-bond donors (Lipinski definition) is 3. The Morgan fingerprint density at radius 1 is 1.08 bits per heavy atom. The van der Waals surface area contributed by atoms with Crippen LogP contribution in [0.25, 0.3) is 0 Å². The molecule has 0 spiro atoms. The summed E-state index contributed by atoms with van der Waals surface area (Å²) in [6.45, 7) is 10.3. The van der Waals surface area contributed by atoms with Gasteiger partial charge in [0, 0.05) is 24.4 Å². The number of nitrogens with zero attached hydrogens (tertiary/aromatic N) is 4. The van der Waals surface area contributed by atoms with E-state index in [1.54, 1.807) is 17.8 Å². The van der Waals surface area contributed by atoms with Gasteiger partial charge in [0.25, 0.3) is 0 Å². The maximum absolute atomic E-state index is 12.9. The van der Waals surface area contributed by atoms with Crippen LogP contribution in [0.2, 0.25) is 0 Å². The Morgan fingerprint density at radius 2 is 1.76 bits per heavy atom. The Hall–Kier alpha value is -1.74. The molecule has 4 heterocycles. The summed E-state index contributed by atoms with van der Waals surface area (Å²) < 4.78 is 70.8. The van der Waals surface area contributed by atoms with Crippen molar-refractivity contribution < 1.29 is 75.6 Å². The first-order valence-corrected chi connectivity index (χ1v) is 17.2. The number of rotatable bonds is 14. The predicted octanol–water partition coefficient (Wildman–Crippen LogP) is -2.65. The van der Waals surface area contributed by atoms with Gasteiger partial charge in [0.05, 0.1) is 37.6 Å². The predicted molar refractivity (Wildman–Crippen MR) is 159 cm³/mol. The highest BCUT2D eigenvalue weighted by Crippen LogP contribution is 2.35. The van der Waals surface area contributed by atoms with Crippen LogP contribution in [-0.2, 0) is 67.4 Å². The van der Waals surface area contributed by atoms with Crippen LogP contribution in [0.5, 0.6) is 0 Å². The molecule has 0 amide bonds. The van der Waals surface area contributed by atoms with E-state index >= 15 is 0 Å². The lowest BCUT2D eigenvalue weighted by Gasteiger charge is -2.47. The van der Waals surface area contributed by atoms with Gasteiger partial charge in [0.1, 0.15) is 42.3 Å². The molecule has 3 fully saturated rings. The van der Waals surface area contributed by atoms with E-state index in [4.69, 9.17) is 28.0 Å². The number of Topliss-reactive ketones (excluding diaryl/α,β-unsaturated/α-hetero) is 1. The van der Waals surface area contributed by atoms with Crippen LogP contribution in [-0.4, -0.2) is 139 Å². The molecule has 282 valence electrons. The summed E-state index contributed by atoms with van der Waals surface area (Å²) in [7, 11) is -5.21. The van der Waals surface area contributed by atoms with Crippen molar-refractivity contribution in [2.24, 2.45) is 11.8 Å². The van der Waals surface area contributed by atoms with Gasteiger partial charge < -0.3 is 44.1 Å². The van der Waals surface area contributed by atoms with Gasteiger partial charge in [0.15, 0.2) is 30.9 Å². The monoisotopic (exact) mass is 744 g/mol. The zero-order chi connectivity index (χ0) is 36.8. The first kappa shape index (κ1) is 41.7. The van der Waals surface area contributed by atoms with Crippen LogP contribution in [0.1, 0.15) is 59.7 Å². The third-order valence-electron chi connectivity index (χ3n) is 8.78. The number of aliphatic hydroxyl groups is 3. The molecule has 0 aliphatic carbocycles. The molecule has 12 atom stereocenters. The van der Waals surface area contributed by atoms with Crippen LogP contribution in [0.4, 0.5) is 0 Å². The van der Waals surface area contributed by atoms with Crippen molar-refractivity contribution in [3.8, 4) is 0 Å². The zero-order valence-electron chi connectivity index (χ0n) is 27.7. The summed E-state index contributed by atoms with van der Waals surface area (Å²) in [6.07, 6.45) is -10.7. The van der Waals surface area contributed by atoms with E-state index in [1.165, 1.54) is 6.92 Å². The van der Waals surface area contributed by atoms with Crippen molar-refractivity contribution in [1.29, 1.82) is 0 Å². The SMILES string of the molecule is CC(C)C(=O)[C@@H]1C[C@@H](n2cc(CO[C@@H]3OC(COS(=O)(=O)[O-])[C@H](OO[O-])[C@H](O[C@@H]4OC(C)[C@@H](O)[C@H](O)C4O)C3C)nn2)CN1C(C)C.O=S. The van der Waals surface area contributed by atoms with Crippen molar-refractivity contribution in [3.63, 3.8) is 0 Å². The minimum Gasteiger partial charge on any atom is -0.726 e. The normalized spacial score (nSPS) is 35.8. The van der Waals surface area contributed by atoms with E-state index in [2.05, 4.69) is 37.0 Å². The number of aliphatic hydroxyl groups excluding tert-OH is 3. The van der Waals surface area contributed by atoms with E-state index in [9.17, 15) is 38.3 Å². The lowest BCUT2D eigenvalue weighted by Crippen LogP contribution is -2.62. The van der Waals surface area contributed by atoms with E-state index in [0.29, 0.717) is 18.7 Å². The smallest absolute Gasteiger partial charge is 0.217 e. The summed E-state index contributed by atoms with van der Waals surface area (Å²) in [6, 6.07) is -0.224. The quantitative estimate of drug-likeness (QED) is 0.0759. The Morgan fingerprint density at radius 3 is 2.35 bits per heavy atom. The number of carbonyl (C=O) groups is 1. The van der Waals surface area contributed by atoms with Gasteiger partial charge in [-0.2, -0.15) is 4.21 Å². The molecule has 3 N–H and O–H groups in total. The highest BCUT2D eigenvalue weighted by atomic mass is 32.3. The number of likely N-dealkylation sites (tertiary alicyclic amines) is 1. The molecule has 1 aromatic heterocycles. The van der Waals surface area contributed by atoms with Crippen LogP contribution < -0.4 is 5.26 Å². The van der Waals surface area contributed by atoms with Crippen molar-refractivity contribution in [3.05, 3.63) is 11.9 Å². The number of ether oxygens (including phenoxy) is 4. The van der Waals surface area contributed by atoms with E-state index in [0.717, 1.165) is 0 Å². The minimum absolute atomic E-state index is 0.118. The molecule has 49 heavy (non-hydrogen) atoms. The summed E-state index contributed by atoms with van der Waals surface area (Å²) in [5.41, 5.74) is 0.390. The van der Waals surface area contributed by atoms with Crippen molar-refractivity contribution in [2.45, 2.75) is 128 Å². The minimum atomic E-state index is -5.21. The third-order valence-corrected chi connectivity index (χ3v) is 9.20. The van der Waals surface area contributed by atoms with Crippen LogP contribution in [0.15, 0.2) is 6.20 Å². The zero-order valence-corrected chi connectivity index (χ0v) is 29.4. The van der Waals surface area contributed by atoms with Gasteiger partial charge in [-0.3, -0.25) is 18.9 Å². The van der Waals surface area contributed by atoms with Crippen molar-refractivity contribution >= 4 is 28.7 Å². The number of aromatic nitrogens is 3. The summed E-state index contributed by atoms with van der Waals surface area (Å²) in [4.78, 5) is 19.8. The lowest BCUT2D eigenvalue weighted by atomic mass is 9.91. The Kier molecular flexibility index (Phi) is 15.4. The molecule has 20 nitrogen and oxygen atoms in total. The van der Waals surface area contributed by atoms with Gasteiger partial charge in [0.2, 0.25) is 10.4 Å². The second-order valence-corrected chi connectivity index (χ2v) is 13.8. The molecule has 3 aliphatic rings. The Labute approximate surface area is 288 Å². The van der Waals surface area contributed by atoms with E-state index in [-0.39, 0.29) is 36.4 Å². The molecule has 3 aliphatic heterocycles. The van der Waals surface area contributed by atoms with Gasteiger partial charge in [-0.1, -0.05) is 26.0 Å². The second-order valence-electron chi connectivity index (χ2n) is 12.8. The molecule has 22 heteroatoms. The maximum Gasteiger partial charge on any atom is 0.217 e. The molecule has 4 unspecified atom stereocenters. The highest BCUT2D eigenvalue weighted by molar-refractivity contribution is 7.80. The fourth-order valence-electron chi connectivity index (χ4n) is 6.15. The number of hydrogen-bond acceptors (Lipinski definition) is 20. The number of carbonyl (C=O) groups excluding carboxylic acids is 1. The Bertz CT molecular complexity index is 1310. The fourth-order valence-corrected chi connectivity index (χ4v) is 6.45. The van der Waals surface area contributed by atoms with Gasteiger partial charge in [-0.15, -0.1) is 5.10 Å². The largest absolute Gasteiger partial charge is 0.726 e. The molecule has 0 radical (unpaired) electrons. The van der Waals surface area contributed by atoms with Crippen molar-refractivity contribution in [2.75, 3.05) is 13.2 Å². The maximum atomic E-state index is 12.9. The topological polar surface area (TPSA) is 274 Å². The second kappa shape index (κ2) is 18.1. The van der Waals surface area contributed by atoms with Gasteiger partial charge in [-0.25, -0.2) is 18.0 Å². The molecular weight excluding hydrogens is 700 g/mol.